The summed E-state index contributed by atoms with van der Waals surface area (Å²) in [4.78, 5) is 17.6. The van der Waals surface area contributed by atoms with E-state index in [1.807, 2.05) is 67.6 Å². The number of hydrogen-bond acceptors (Lipinski definition) is 5. The van der Waals surface area contributed by atoms with Crippen LogP contribution in [0.15, 0.2) is 107 Å². The average Bonchev–Trinajstić information content (AvgIpc) is 2.84. The molecule has 2 heterocycles. The molecule has 1 aliphatic rings. The molecular weight excluding hydrogens is 416 g/mol. The zero-order chi connectivity index (χ0) is 22.3. The Labute approximate surface area is 191 Å². The molecule has 158 valence electrons. The van der Waals surface area contributed by atoms with Gasteiger partial charge in [-0.1, -0.05) is 54.6 Å². The monoisotopic (exact) mass is 438 g/mol. The molecule has 0 saturated heterocycles. The highest BCUT2D eigenvalue weighted by molar-refractivity contribution is 8.02. The van der Waals surface area contributed by atoms with Gasteiger partial charge in [0.2, 0.25) is 0 Å². The van der Waals surface area contributed by atoms with E-state index >= 15 is 0 Å². The van der Waals surface area contributed by atoms with Crippen LogP contribution in [0.2, 0.25) is 0 Å². The molecule has 0 fully saturated rings. The third kappa shape index (κ3) is 4.74. The number of carbonyl (C=O) groups excluding carboxylic acids is 1. The van der Waals surface area contributed by atoms with Crippen LogP contribution in [0.1, 0.15) is 24.0 Å². The highest BCUT2D eigenvalue weighted by atomic mass is 32.2. The minimum Gasteiger partial charge on any atom is -0.353 e. The molecule has 0 aliphatic carbocycles. The van der Waals surface area contributed by atoms with Gasteiger partial charge in [-0.25, -0.2) is 0 Å². The molecule has 3 aromatic rings. The lowest BCUT2D eigenvalue weighted by atomic mass is 9.83. The van der Waals surface area contributed by atoms with E-state index in [9.17, 15) is 10.1 Å². The number of benzene rings is 2. The van der Waals surface area contributed by atoms with Crippen molar-refractivity contribution < 1.29 is 4.79 Å². The predicted octanol–water partition coefficient (Wildman–Crippen LogP) is 5.35. The number of para-hydroxylation sites is 1. The second-order valence-corrected chi connectivity index (χ2v) is 8.32. The van der Waals surface area contributed by atoms with Crippen molar-refractivity contribution in [1.82, 2.24) is 10.3 Å². The van der Waals surface area contributed by atoms with Gasteiger partial charge in [-0.15, -0.1) is 11.8 Å². The fraction of sp³-hybridized carbons (Fsp3) is 0.115. The minimum atomic E-state index is -0.503. The number of nitrogens with one attached hydrogen (secondary N) is 2. The number of anilines is 1. The molecule has 1 amide bonds. The maximum atomic E-state index is 13.3. The number of amides is 1. The molecule has 0 radical (unpaired) electrons. The van der Waals surface area contributed by atoms with Crippen molar-refractivity contribution in [2.24, 2.45) is 0 Å². The highest BCUT2D eigenvalue weighted by Gasteiger charge is 2.34. The first-order valence-electron chi connectivity index (χ1n) is 10.2. The Hall–Kier alpha value is -3.82. The normalized spacial score (nSPS) is 15.7. The average molecular weight is 439 g/mol. The first-order valence-corrected chi connectivity index (χ1v) is 11.2. The molecule has 2 aromatic carbocycles. The Kier molecular flexibility index (Phi) is 6.69. The molecule has 5 nitrogen and oxygen atoms in total. The highest BCUT2D eigenvalue weighted by Crippen LogP contribution is 2.41. The predicted molar refractivity (Wildman–Crippen MR) is 128 cm³/mol. The second-order valence-electron chi connectivity index (χ2n) is 7.33. The largest absolute Gasteiger partial charge is 0.353 e. The number of carbonyl (C=O) groups is 1. The summed E-state index contributed by atoms with van der Waals surface area (Å²) >= 11 is 1.56. The SMILES string of the molecule is CC1=C(C(=O)Nc2ccccc2)[C@H](c2cccnc2)C(C#N)=C(SCc2ccccc2)N1. The van der Waals surface area contributed by atoms with Crippen LogP contribution in [0.25, 0.3) is 0 Å². The van der Waals surface area contributed by atoms with Crippen molar-refractivity contribution in [1.29, 1.82) is 5.26 Å². The van der Waals surface area contributed by atoms with Crippen molar-refractivity contribution in [2.45, 2.75) is 18.6 Å². The van der Waals surface area contributed by atoms with Gasteiger partial charge in [0.15, 0.2) is 0 Å². The topological polar surface area (TPSA) is 77.8 Å². The molecule has 1 atom stereocenters. The van der Waals surface area contributed by atoms with Gasteiger partial charge in [0.1, 0.15) is 0 Å². The Bertz CT molecular complexity index is 1200. The lowest BCUT2D eigenvalue weighted by molar-refractivity contribution is -0.113. The van der Waals surface area contributed by atoms with Crippen molar-refractivity contribution >= 4 is 23.4 Å². The molecule has 1 aromatic heterocycles. The summed E-state index contributed by atoms with van der Waals surface area (Å²) in [5.41, 5.74) is 4.43. The first kappa shape index (κ1) is 21.4. The van der Waals surface area contributed by atoms with Crippen molar-refractivity contribution in [3.05, 3.63) is 118 Å². The van der Waals surface area contributed by atoms with Gasteiger partial charge in [0.25, 0.3) is 5.91 Å². The first-order chi connectivity index (χ1) is 15.7. The maximum Gasteiger partial charge on any atom is 0.254 e. The summed E-state index contributed by atoms with van der Waals surface area (Å²) in [6.45, 7) is 1.88. The van der Waals surface area contributed by atoms with Crippen molar-refractivity contribution in [2.75, 3.05) is 5.32 Å². The van der Waals surface area contributed by atoms with E-state index in [4.69, 9.17) is 0 Å². The number of rotatable bonds is 6. The van der Waals surface area contributed by atoms with Crippen LogP contribution in [0, 0.1) is 11.3 Å². The lowest BCUT2D eigenvalue weighted by Gasteiger charge is -2.29. The zero-order valence-corrected chi connectivity index (χ0v) is 18.4. The van der Waals surface area contributed by atoms with E-state index in [2.05, 4.69) is 33.8 Å². The summed E-state index contributed by atoms with van der Waals surface area (Å²) in [7, 11) is 0. The van der Waals surface area contributed by atoms with E-state index in [0.29, 0.717) is 22.6 Å². The van der Waals surface area contributed by atoms with E-state index in [1.54, 1.807) is 24.2 Å². The molecule has 32 heavy (non-hydrogen) atoms. The molecule has 0 unspecified atom stereocenters. The lowest BCUT2D eigenvalue weighted by Crippen LogP contribution is -2.30. The fourth-order valence-corrected chi connectivity index (χ4v) is 4.70. The third-order valence-electron chi connectivity index (χ3n) is 5.17. The van der Waals surface area contributed by atoms with Crippen LogP contribution in [-0.2, 0) is 10.5 Å². The van der Waals surface area contributed by atoms with Gasteiger partial charge in [-0.05, 0) is 36.2 Å². The number of hydrogen-bond donors (Lipinski definition) is 2. The van der Waals surface area contributed by atoms with Gasteiger partial charge in [-0.3, -0.25) is 9.78 Å². The van der Waals surface area contributed by atoms with E-state index in [0.717, 1.165) is 21.9 Å². The number of thioether (sulfide) groups is 1. The van der Waals surface area contributed by atoms with E-state index in [1.165, 1.54) is 0 Å². The van der Waals surface area contributed by atoms with Crippen LogP contribution >= 0.6 is 11.8 Å². The third-order valence-corrected chi connectivity index (χ3v) is 6.26. The van der Waals surface area contributed by atoms with Crippen LogP contribution in [0.3, 0.4) is 0 Å². The van der Waals surface area contributed by atoms with Crippen molar-refractivity contribution in [3.8, 4) is 6.07 Å². The number of nitriles is 1. The fourth-order valence-electron chi connectivity index (χ4n) is 3.66. The molecule has 0 spiro atoms. The van der Waals surface area contributed by atoms with Crippen LogP contribution in [0.5, 0.6) is 0 Å². The molecule has 2 N–H and O–H groups in total. The number of nitrogens with zero attached hydrogens (tertiary/aromatic N) is 2. The van der Waals surface area contributed by atoms with Crippen LogP contribution < -0.4 is 10.6 Å². The number of aromatic nitrogens is 1. The van der Waals surface area contributed by atoms with Gasteiger partial charge in [0, 0.05) is 35.1 Å². The van der Waals surface area contributed by atoms with Gasteiger partial charge >= 0.3 is 0 Å². The molecule has 0 bridgehead atoms. The standard InChI is InChI=1S/C26H22N4OS/c1-18-23(25(31)30-21-12-6-3-7-13-21)24(20-11-8-14-28-16-20)22(15-27)26(29-18)32-17-19-9-4-2-5-10-19/h2-14,16,24,29H,17H2,1H3,(H,30,31)/t24-/m1/s1. The summed E-state index contributed by atoms with van der Waals surface area (Å²) in [5.74, 6) is -0.0284. The van der Waals surface area contributed by atoms with Gasteiger partial charge in [0.05, 0.1) is 22.6 Å². The van der Waals surface area contributed by atoms with Crippen LogP contribution in [0.4, 0.5) is 5.69 Å². The van der Waals surface area contributed by atoms with Crippen LogP contribution in [-0.4, -0.2) is 10.9 Å². The Morgan fingerprint density at radius 1 is 1.09 bits per heavy atom. The second kappa shape index (κ2) is 9.99. The maximum absolute atomic E-state index is 13.3. The minimum absolute atomic E-state index is 0.241. The molecule has 0 saturated carbocycles. The molecule has 1 aliphatic heterocycles. The molecular formula is C26H22N4OS. The van der Waals surface area contributed by atoms with Gasteiger partial charge in [-0.2, -0.15) is 5.26 Å². The Morgan fingerprint density at radius 3 is 2.47 bits per heavy atom. The quantitative estimate of drug-likeness (QED) is 0.542. The smallest absolute Gasteiger partial charge is 0.254 e. The van der Waals surface area contributed by atoms with E-state index < -0.39 is 5.92 Å². The molecule has 6 heteroatoms. The number of allylic oxidation sites excluding steroid dienone is 2. The van der Waals surface area contributed by atoms with Crippen molar-refractivity contribution in [3.63, 3.8) is 0 Å². The Morgan fingerprint density at radius 2 is 1.81 bits per heavy atom. The molecule has 4 rings (SSSR count). The summed E-state index contributed by atoms with van der Waals surface area (Å²) in [6.07, 6.45) is 3.40. The Balaban J connectivity index is 1.70. The number of pyridine rings is 1. The number of dihydropyridines is 1. The summed E-state index contributed by atoms with van der Waals surface area (Å²) in [6, 6.07) is 25.5. The van der Waals surface area contributed by atoms with E-state index in [-0.39, 0.29) is 5.91 Å². The van der Waals surface area contributed by atoms with Gasteiger partial charge < -0.3 is 10.6 Å². The summed E-state index contributed by atoms with van der Waals surface area (Å²) < 4.78 is 0. The zero-order valence-electron chi connectivity index (χ0n) is 17.6. The summed E-state index contributed by atoms with van der Waals surface area (Å²) in [5, 5.41) is 17.2.